The summed E-state index contributed by atoms with van der Waals surface area (Å²) in [6.07, 6.45) is 0.857. The zero-order valence-electron chi connectivity index (χ0n) is 18.4. The smallest absolute Gasteiger partial charge is 0.347 e. The Kier molecular flexibility index (Phi) is 5.38. The Balaban J connectivity index is 1.66. The second kappa shape index (κ2) is 8.66. The van der Waals surface area contributed by atoms with Crippen LogP contribution in [0.1, 0.15) is 12.0 Å². The average molecular weight is 456 g/mol. The summed E-state index contributed by atoms with van der Waals surface area (Å²) in [5.41, 5.74) is 22.2. The lowest BCUT2D eigenvalue weighted by Gasteiger charge is -2.50. The van der Waals surface area contributed by atoms with Crippen molar-refractivity contribution in [2.45, 2.75) is 6.17 Å². The molecule has 0 atom stereocenters. The highest BCUT2D eigenvalue weighted by Crippen LogP contribution is 2.37. The fourth-order valence-electron chi connectivity index (χ4n) is 4.11. The van der Waals surface area contributed by atoms with Crippen LogP contribution in [-0.4, -0.2) is 28.3 Å². The van der Waals surface area contributed by atoms with Crippen molar-refractivity contribution in [3.05, 3.63) is 95.4 Å². The van der Waals surface area contributed by atoms with Gasteiger partial charge in [0.05, 0.1) is 13.3 Å². The van der Waals surface area contributed by atoms with E-state index in [-0.39, 0.29) is 0 Å². The summed E-state index contributed by atoms with van der Waals surface area (Å²) in [5, 5.41) is 0. The van der Waals surface area contributed by atoms with Gasteiger partial charge in [0.15, 0.2) is 12.0 Å². The van der Waals surface area contributed by atoms with Crippen LogP contribution in [0.5, 0.6) is 0 Å². The van der Waals surface area contributed by atoms with Gasteiger partial charge in [-0.3, -0.25) is 4.98 Å². The monoisotopic (exact) mass is 455 g/mol. The van der Waals surface area contributed by atoms with E-state index in [9.17, 15) is 4.79 Å². The van der Waals surface area contributed by atoms with Crippen molar-refractivity contribution in [1.29, 1.82) is 0 Å². The molecule has 10 nitrogen and oxygen atoms in total. The molecule has 34 heavy (non-hydrogen) atoms. The molecule has 1 saturated heterocycles. The summed E-state index contributed by atoms with van der Waals surface area (Å²) in [7, 11) is 0. The summed E-state index contributed by atoms with van der Waals surface area (Å²) >= 11 is 0. The maximum absolute atomic E-state index is 12.1. The van der Waals surface area contributed by atoms with Crippen LogP contribution in [0.3, 0.4) is 0 Å². The fourth-order valence-corrected chi connectivity index (χ4v) is 4.11. The van der Waals surface area contributed by atoms with Crippen molar-refractivity contribution in [2.24, 2.45) is 0 Å². The summed E-state index contributed by atoms with van der Waals surface area (Å²) in [6.45, 7) is 1.05. The molecule has 1 fully saturated rings. The molecule has 0 bridgehead atoms. The molecule has 172 valence electrons. The van der Waals surface area contributed by atoms with Gasteiger partial charge in [-0.25, -0.2) is 9.78 Å². The van der Waals surface area contributed by atoms with E-state index in [2.05, 4.69) is 29.7 Å². The number of aromatic nitrogens is 3. The number of H-pyrrole nitrogens is 1. The molecule has 10 heteroatoms. The molecule has 2 heterocycles. The molecule has 1 aromatic heterocycles. The third-order valence-electron chi connectivity index (χ3n) is 5.80. The lowest BCUT2D eigenvalue weighted by molar-refractivity contribution is 0.480. The number of nitrogens with one attached hydrogen (secondary N) is 1. The van der Waals surface area contributed by atoms with Crippen LogP contribution in [0.4, 0.5) is 34.1 Å². The maximum Gasteiger partial charge on any atom is 0.347 e. The fraction of sp³-hybridized carbons (Fsp3) is 0.125. The molecular formula is C24H25N9O. The number of anilines is 6. The first-order chi connectivity index (χ1) is 16.5. The topological polar surface area (TPSA) is 146 Å². The second-order valence-electron chi connectivity index (χ2n) is 8.10. The van der Waals surface area contributed by atoms with Gasteiger partial charge in [0.25, 0.3) is 0 Å². The molecule has 5 rings (SSSR count). The zero-order chi connectivity index (χ0) is 23.7. The number of nitrogen functional groups attached to an aromatic ring is 3. The Hall–Kier alpha value is -4.73. The number of nitrogens with two attached hydrogens (primary N) is 3. The van der Waals surface area contributed by atoms with E-state index in [0.717, 1.165) is 17.1 Å². The number of aromatic amines is 1. The molecule has 1 aliphatic heterocycles. The molecule has 7 N–H and O–H groups in total. The van der Waals surface area contributed by atoms with Gasteiger partial charge in [0.2, 0.25) is 0 Å². The minimum atomic E-state index is -0.458. The number of benzene rings is 3. The highest BCUT2D eigenvalue weighted by atomic mass is 16.1. The van der Waals surface area contributed by atoms with Crippen LogP contribution in [0.15, 0.2) is 83.9 Å². The van der Waals surface area contributed by atoms with Gasteiger partial charge < -0.3 is 31.9 Å². The number of hydrogen-bond donors (Lipinski definition) is 4. The molecule has 0 radical (unpaired) electrons. The quantitative estimate of drug-likeness (QED) is 0.341. The normalized spacial score (nSPS) is 14.4. The number of hydrogen-bond acceptors (Lipinski definition) is 9. The molecule has 0 saturated carbocycles. The van der Waals surface area contributed by atoms with E-state index < -0.39 is 11.9 Å². The Morgan fingerprint density at radius 3 is 1.56 bits per heavy atom. The Morgan fingerprint density at radius 1 is 0.676 bits per heavy atom. The van der Waals surface area contributed by atoms with Gasteiger partial charge >= 0.3 is 5.69 Å². The summed E-state index contributed by atoms with van der Waals surface area (Å²) in [6, 6.07) is 23.0. The lowest BCUT2D eigenvalue weighted by atomic mass is 10.1. The highest BCUT2D eigenvalue weighted by Gasteiger charge is 2.36. The van der Waals surface area contributed by atoms with Crippen molar-refractivity contribution in [1.82, 2.24) is 15.0 Å². The van der Waals surface area contributed by atoms with Crippen LogP contribution in [0, 0.1) is 0 Å². The molecule has 0 unspecified atom stereocenters. The van der Waals surface area contributed by atoms with Crippen LogP contribution < -0.4 is 37.6 Å². The molecule has 3 aromatic carbocycles. The minimum absolute atomic E-state index is 0.423. The van der Waals surface area contributed by atoms with E-state index in [1.165, 1.54) is 6.33 Å². The highest BCUT2D eigenvalue weighted by molar-refractivity contribution is 5.64. The second-order valence-corrected chi connectivity index (χ2v) is 8.10. The van der Waals surface area contributed by atoms with Crippen LogP contribution in [0.25, 0.3) is 0 Å². The van der Waals surface area contributed by atoms with Gasteiger partial charge in [-0.15, -0.1) is 0 Å². The molecule has 1 aliphatic rings. The first kappa shape index (κ1) is 21.1. The molecule has 0 aliphatic carbocycles. The predicted molar refractivity (Wildman–Crippen MR) is 135 cm³/mol. The third kappa shape index (κ3) is 4.16. The van der Waals surface area contributed by atoms with Gasteiger partial charge in [0.1, 0.15) is 6.33 Å². The van der Waals surface area contributed by atoms with Crippen molar-refractivity contribution in [3.63, 3.8) is 0 Å². The van der Waals surface area contributed by atoms with Gasteiger partial charge in [-0.2, -0.15) is 4.98 Å². The van der Waals surface area contributed by atoms with E-state index in [1.807, 2.05) is 72.8 Å². The van der Waals surface area contributed by atoms with Gasteiger partial charge in [-0.05, 0) is 72.8 Å². The van der Waals surface area contributed by atoms with Crippen molar-refractivity contribution >= 4 is 34.1 Å². The number of rotatable bonds is 4. The molecule has 0 spiro atoms. The van der Waals surface area contributed by atoms with Crippen molar-refractivity contribution in [2.75, 3.05) is 45.2 Å². The van der Waals surface area contributed by atoms with Crippen LogP contribution in [-0.2, 0) is 0 Å². The van der Waals surface area contributed by atoms with Crippen molar-refractivity contribution < 1.29 is 0 Å². The van der Waals surface area contributed by atoms with E-state index in [1.54, 1.807) is 0 Å². The minimum Gasteiger partial charge on any atom is -0.399 e. The molecular weight excluding hydrogens is 430 g/mol. The van der Waals surface area contributed by atoms with Gasteiger partial charge in [0, 0.05) is 34.1 Å². The largest absolute Gasteiger partial charge is 0.399 e. The lowest BCUT2D eigenvalue weighted by Crippen LogP contribution is -2.58. The summed E-state index contributed by atoms with van der Waals surface area (Å²) in [4.78, 5) is 29.6. The molecule has 0 amide bonds. The predicted octanol–water partition coefficient (Wildman–Crippen LogP) is 2.36. The molecule has 4 aromatic rings. The summed E-state index contributed by atoms with van der Waals surface area (Å²) in [5.74, 6) is 0.477. The van der Waals surface area contributed by atoms with Gasteiger partial charge in [-0.1, -0.05) is 0 Å². The van der Waals surface area contributed by atoms with E-state index in [0.29, 0.717) is 36.2 Å². The van der Waals surface area contributed by atoms with Crippen LogP contribution >= 0.6 is 0 Å². The summed E-state index contributed by atoms with van der Waals surface area (Å²) < 4.78 is 0. The van der Waals surface area contributed by atoms with Crippen molar-refractivity contribution in [3.8, 4) is 0 Å². The zero-order valence-corrected chi connectivity index (χ0v) is 18.4. The first-order valence-electron chi connectivity index (χ1n) is 10.7. The van der Waals surface area contributed by atoms with Crippen LogP contribution in [0.2, 0.25) is 0 Å². The Morgan fingerprint density at radius 2 is 1.12 bits per heavy atom. The standard InChI is InChI=1S/C24H25N9O/c25-16-1-7-19(8-2-16)31-14-32(20-9-3-17(26)4-10-20)23(22-28-13-29-24(34)30-22)33(15-31)21-11-5-18(27)6-12-21/h1-13,23H,14-15,25-27H2,(H,28,29,30,34). The number of nitrogens with zero attached hydrogens (tertiary/aromatic N) is 5. The SMILES string of the molecule is Nc1ccc(N2CN(c3ccc(N)cc3)C(c3ncnc(=O)[nH]3)N(c3ccc(N)cc3)C2)cc1. The third-order valence-corrected chi connectivity index (χ3v) is 5.80. The Labute approximate surface area is 196 Å². The maximum atomic E-state index is 12.1. The van der Waals surface area contributed by atoms with E-state index in [4.69, 9.17) is 17.2 Å². The van der Waals surface area contributed by atoms with E-state index >= 15 is 0 Å². The average Bonchev–Trinajstić information content (AvgIpc) is 2.85. The Bertz CT molecular complexity index is 1260. The first-order valence-corrected chi connectivity index (χ1v) is 10.7.